The fraction of sp³-hybridized carbons (Fsp3) is 0.333. The maximum Gasteiger partial charge on any atom is 0.225 e. The first-order chi connectivity index (χ1) is 8.52. The fourth-order valence-corrected chi connectivity index (χ4v) is 1.67. The van der Waals surface area contributed by atoms with Crippen molar-refractivity contribution in [3.05, 3.63) is 35.0 Å². The van der Waals surface area contributed by atoms with Crippen LogP contribution in [0.25, 0.3) is 0 Å². The zero-order valence-electron chi connectivity index (χ0n) is 10.4. The van der Waals surface area contributed by atoms with Crippen molar-refractivity contribution in [2.75, 3.05) is 0 Å². The summed E-state index contributed by atoms with van der Waals surface area (Å²) < 4.78 is 20.3. The molecule has 2 aromatic rings. The van der Waals surface area contributed by atoms with E-state index in [9.17, 15) is 4.39 Å². The van der Waals surface area contributed by atoms with Gasteiger partial charge in [-0.05, 0) is 19.9 Å². The SMILES string of the molecule is Cc1nn(C)c(C)c1Oc1ncc(F)cc1CO. The Morgan fingerprint density at radius 2 is 2.17 bits per heavy atom. The van der Waals surface area contributed by atoms with E-state index >= 15 is 0 Å². The predicted molar refractivity (Wildman–Crippen MR) is 62.9 cm³/mol. The molecule has 0 saturated carbocycles. The van der Waals surface area contributed by atoms with Gasteiger partial charge in [0, 0.05) is 12.6 Å². The van der Waals surface area contributed by atoms with Crippen LogP contribution in [0.15, 0.2) is 12.3 Å². The topological polar surface area (TPSA) is 60.2 Å². The molecule has 0 bridgehead atoms. The van der Waals surface area contributed by atoms with Crippen LogP contribution >= 0.6 is 0 Å². The van der Waals surface area contributed by atoms with Crippen LogP contribution < -0.4 is 4.74 Å². The van der Waals surface area contributed by atoms with Crippen molar-refractivity contribution in [3.63, 3.8) is 0 Å². The molecule has 5 nitrogen and oxygen atoms in total. The first-order valence-corrected chi connectivity index (χ1v) is 5.46. The molecule has 0 radical (unpaired) electrons. The number of aromatic nitrogens is 3. The van der Waals surface area contributed by atoms with Crippen molar-refractivity contribution in [1.29, 1.82) is 0 Å². The lowest BCUT2D eigenvalue weighted by Gasteiger charge is -2.08. The van der Waals surface area contributed by atoms with E-state index in [2.05, 4.69) is 10.1 Å². The Labute approximate surface area is 104 Å². The minimum absolute atomic E-state index is 0.193. The fourth-order valence-electron chi connectivity index (χ4n) is 1.67. The summed E-state index contributed by atoms with van der Waals surface area (Å²) in [5.41, 5.74) is 1.85. The monoisotopic (exact) mass is 251 g/mol. The molecule has 6 heteroatoms. The van der Waals surface area contributed by atoms with Crippen LogP contribution in [0, 0.1) is 19.7 Å². The van der Waals surface area contributed by atoms with E-state index in [1.54, 1.807) is 11.7 Å². The summed E-state index contributed by atoms with van der Waals surface area (Å²) in [4.78, 5) is 3.84. The summed E-state index contributed by atoms with van der Waals surface area (Å²) in [6.45, 7) is 3.33. The highest BCUT2D eigenvalue weighted by Gasteiger charge is 2.15. The van der Waals surface area contributed by atoms with E-state index < -0.39 is 5.82 Å². The van der Waals surface area contributed by atoms with Crippen molar-refractivity contribution < 1.29 is 14.2 Å². The molecular weight excluding hydrogens is 237 g/mol. The number of hydrogen-bond acceptors (Lipinski definition) is 4. The highest BCUT2D eigenvalue weighted by atomic mass is 19.1. The lowest BCUT2D eigenvalue weighted by atomic mass is 10.3. The summed E-state index contributed by atoms with van der Waals surface area (Å²) >= 11 is 0. The van der Waals surface area contributed by atoms with Gasteiger partial charge >= 0.3 is 0 Å². The standard InChI is InChI=1S/C12H14FN3O2/c1-7-11(8(2)16(3)15-7)18-12-9(6-17)4-10(13)5-14-12/h4-5,17H,6H2,1-3H3. The molecule has 0 spiro atoms. The molecule has 2 rings (SSSR count). The third-order valence-corrected chi connectivity index (χ3v) is 2.70. The Hall–Kier alpha value is -1.95. The third-order valence-electron chi connectivity index (χ3n) is 2.70. The summed E-state index contributed by atoms with van der Waals surface area (Å²) in [6, 6.07) is 1.20. The lowest BCUT2D eigenvalue weighted by Crippen LogP contribution is -1.98. The number of rotatable bonds is 3. The molecule has 96 valence electrons. The number of aliphatic hydroxyl groups excluding tert-OH is 1. The van der Waals surface area contributed by atoms with Gasteiger partial charge in [0.1, 0.15) is 11.5 Å². The van der Waals surface area contributed by atoms with Gasteiger partial charge in [0.2, 0.25) is 5.88 Å². The Kier molecular flexibility index (Phi) is 3.29. The van der Waals surface area contributed by atoms with Gasteiger partial charge in [0.05, 0.1) is 18.5 Å². The Morgan fingerprint density at radius 3 is 2.72 bits per heavy atom. The number of nitrogens with zero attached hydrogens (tertiary/aromatic N) is 3. The number of aliphatic hydroxyl groups is 1. The molecule has 0 aliphatic rings. The molecule has 1 N–H and O–H groups in total. The molecule has 0 unspecified atom stereocenters. The van der Waals surface area contributed by atoms with Crippen LogP contribution in [-0.2, 0) is 13.7 Å². The van der Waals surface area contributed by atoms with Crippen molar-refractivity contribution >= 4 is 0 Å². The van der Waals surface area contributed by atoms with Crippen LogP contribution in [0.2, 0.25) is 0 Å². The smallest absolute Gasteiger partial charge is 0.225 e. The van der Waals surface area contributed by atoms with Crippen LogP contribution in [0.4, 0.5) is 4.39 Å². The van der Waals surface area contributed by atoms with Gasteiger partial charge in [-0.15, -0.1) is 0 Å². The average Bonchev–Trinajstić information content (AvgIpc) is 2.58. The zero-order valence-corrected chi connectivity index (χ0v) is 10.4. The van der Waals surface area contributed by atoms with Gasteiger partial charge < -0.3 is 9.84 Å². The van der Waals surface area contributed by atoms with Crippen molar-refractivity contribution in [3.8, 4) is 11.6 Å². The van der Waals surface area contributed by atoms with Crippen LogP contribution in [0.1, 0.15) is 17.0 Å². The summed E-state index contributed by atoms with van der Waals surface area (Å²) in [6.07, 6.45) is 1.05. The Balaban J connectivity index is 2.39. The normalized spacial score (nSPS) is 10.7. The summed E-state index contributed by atoms with van der Waals surface area (Å²) in [7, 11) is 1.81. The van der Waals surface area contributed by atoms with E-state index in [0.29, 0.717) is 17.0 Å². The van der Waals surface area contributed by atoms with Gasteiger partial charge in [-0.1, -0.05) is 0 Å². The number of halogens is 1. The van der Waals surface area contributed by atoms with Gasteiger partial charge in [0.25, 0.3) is 0 Å². The molecule has 0 saturated heterocycles. The molecule has 2 aromatic heterocycles. The minimum Gasteiger partial charge on any atom is -0.435 e. The maximum absolute atomic E-state index is 13.0. The third kappa shape index (κ3) is 2.19. The lowest BCUT2D eigenvalue weighted by molar-refractivity contribution is 0.274. The van der Waals surface area contributed by atoms with Crippen molar-refractivity contribution in [1.82, 2.24) is 14.8 Å². The second kappa shape index (κ2) is 4.73. The second-order valence-corrected chi connectivity index (χ2v) is 4.00. The zero-order chi connectivity index (χ0) is 13.3. The first kappa shape index (κ1) is 12.5. The molecule has 18 heavy (non-hydrogen) atoms. The van der Waals surface area contributed by atoms with Gasteiger partial charge in [-0.2, -0.15) is 5.10 Å². The minimum atomic E-state index is -0.508. The van der Waals surface area contributed by atoms with Crippen LogP contribution in [-0.4, -0.2) is 19.9 Å². The number of pyridine rings is 1. The number of hydrogen-bond donors (Lipinski definition) is 1. The Morgan fingerprint density at radius 1 is 1.44 bits per heavy atom. The molecule has 0 amide bonds. The molecule has 0 fully saturated rings. The second-order valence-electron chi connectivity index (χ2n) is 4.00. The van der Waals surface area contributed by atoms with Crippen molar-refractivity contribution in [2.45, 2.75) is 20.5 Å². The predicted octanol–water partition coefficient (Wildman–Crippen LogP) is 1.86. The first-order valence-electron chi connectivity index (χ1n) is 5.46. The Bertz CT molecular complexity index is 581. The van der Waals surface area contributed by atoms with E-state index in [0.717, 1.165) is 11.9 Å². The van der Waals surface area contributed by atoms with Crippen molar-refractivity contribution in [2.24, 2.45) is 7.05 Å². The van der Waals surface area contributed by atoms with E-state index in [1.807, 2.05) is 13.8 Å². The highest BCUT2D eigenvalue weighted by molar-refractivity contribution is 5.37. The van der Waals surface area contributed by atoms with E-state index in [-0.39, 0.29) is 12.5 Å². The van der Waals surface area contributed by atoms with Crippen LogP contribution in [0.3, 0.4) is 0 Å². The molecule has 0 aromatic carbocycles. The summed E-state index contributed by atoms with van der Waals surface area (Å²) in [5.74, 6) is 0.260. The summed E-state index contributed by atoms with van der Waals surface area (Å²) in [5, 5.41) is 13.4. The van der Waals surface area contributed by atoms with E-state index in [4.69, 9.17) is 9.84 Å². The average molecular weight is 251 g/mol. The molecular formula is C12H14FN3O2. The number of ether oxygens (including phenoxy) is 1. The highest BCUT2D eigenvalue weighted by Crippen LogP contribution is 2.29. The van der Waals surface area contributed by atoms with Crippen LogP contribution in [0.5, 0.6) is 11.6 Å². The molecule has 2 heterocycles. The molecule has 0 aliphatic heterocycles. The van der Waals surface area contributed by atoms with Gasteiger partial charge in [-0.25, -0.2) is 9.37 Å². The van der Waals surface area contributed by atoms with Gasteiger partial charge in [-0.3, -0.25) is 4.68 Å². The van der Waals surface area contributed by atoms with Gasteiger partial charge in [0.15, 0.2) is 5.75 Å². The largest absolute Gasteiger partial charge is 0.435 e. The molecule has 0 aliphatic carbocycles. The maximum atomic E-state index is 13.0. The molecule has 0 atom stereocenters. The number of aryl methyl sites for hydroxylation is 2. The van der Waals surface area contributed by atoms with E-state index in [1.165, 1.54) is 6.07 Å². The quantitative estimate of drug-likeness (QED) is 0.904.